The molecule has 1 rings (SSSR count). The van der Waals surface area contributed by atoms with Crippen LogP contribution in [0.4, 0.5) is 5.69 Å². The molecule has 1 heteroatoms. The molecule has 0 aliphatic heterocycles. The summed E-state index contributed by atoms with van der Waals surface area (Å²) in [6, 6.07) is 8.39. The quantitative estimate of drug-likeness (QED) is 0.556. The topological polar surface area (TPSA) is 3.24 Å². The van der Waals surface area contributed by atoms with Crippen LogP contribution in [-0.2, 0) is 0 Å². The molecule has 1 nitrogen and oxygen atoms in total. The van der Waals surface area contributed by atoms with E-state index in [1.54, 1.807) is 0 Å². The van der Waals surface area contributed by atoms with Gasteiger partial charge in [-0.15, -0.1) is 0 Å². The van der Waals surface area contributed by atoms with E-state index >= 15 is 0 Å². The van der Waals surface area contributed by atoms with Gasteiger partial charge < -0.3 is 4.90 Å². The van der Waals surface area contributed by atoms with Crippen LogP contribution < -0.4 is 4.90 Å². The minimum absolute atomic E-state index is 0.853. The number of hydrogen-bond donors (Lipinski definition) is 0. The average Bonchev–Trinajstić information content (AvgIpc) is 2.54. The molecular weight excluding hydrogens is 266 g/mol. The Balaban J connectivity index is 0. The fourth-order valence-electron chi connectivity index (χ4n) is 1.81. The van der Waals surface area contributed by atoms with E-state index in [0.717, 1.165) is 6.54 Å². The Morgan fingerprint density at radius 3 is 2.00 bits per heavy atom. The van der Waals surface area contributed by atoms with Gasteiger partial charge in [0.1, 0.15) is 0 Å². The first-order valence-corrected chi connectivity index (χ1v) is 8.23. The Kier molecular flexibility index (Phi) is 14.5. The predicted octanol–water partition coefficient (Wildman–Crippen LogP) is 6.56. The van der Waals surface area contributed by atoms with E-state index in [9.17, 15) is 0 Å². The number of allylic oxidation sites excluding steroid dienone is 2. The molecule has 0 bridgehead atoms. The number of para-hydroxylation sites is 1. The molecule has 0 saturated heterocycles. The molecule has 0 heterocycles. The summed E-state index contributed by atoms with van der Waals surface area (Å²) >= 11 is 0. The number of anilines is 1. The van der Waals surface area contributed by atoms with Crippen LogP contribution in [0.1, 0.15) is 46.6 Å². The number of benzene rings is 1. The van der Waals surface area contributed by atoms with Gasteiger partial charge in [0.05, 0.1) is 0 Å². The lowest BCUT2D eigenvalue weighted by atomic mass is 10.1. The van der Waals surface area contributed by atoms with Crippen LogP contribution in [0.2, 0.25) is 0 Å². The van der Waals surface area contributed by atoms with Gasteiger partial charge in [0.15, 0.2) is 0 Å². The van der Waals surface area contributed by atoms with Crippen molar-refractivity contribution in [1.82, 2.24) is 0 Å². The SMILES string of the molecule is C=C/C(C)=C(\C=C)CN(C)c1ccccc1C.CC.CCC. The van der Waals surface area contributed by atoms with Crippen LogP contribution in [0.25, 0.3) is 0 Å². The highest BCUT2D eigenvalue weighted by molar-refractivity contribution is 5.54. The van der Waals surface area contributed by atoms with E-state index in [1.165, 1.54) is 28.8 Å². The minimum Gasteiger partial charge on any atom is -0.370 e. The van der Waals surface area contributed by atoms with Crippen molar-refractivity contribution in [1.29, 1.82) is 0 Å². The van der Waals surface area contributed by atoms with Crippen LogP contribution in [0.3, 0.4) is 0 Å². The van der Waals surface area contributed by atoms with E-state index in [-0.39, 0.29) is 0 Å². The second-order valence-electron chi connectivity index (χ2n) is 4.97. The van der Waals surface area contributed by atoms with Gasteiger partial charge in [-0.05, 0) is 36.6 Å². The van der Waals surface area contributed by atoms with Crippen LogP contribution in [-0.4, -0.2) is 13.6 Å². The number of rotatable bonds is 5. The van der Waals surface area contributed by atoms with Crippen molar-refractivity contribution in [2.45, 2.75) is 48.0 Å². The van der Waals surface area contributed by atoms with Gasteiger partial charge in [-0.25, -0.2) is 0 Å². The highest BCUT2D eigenvalue weighted by Crippen LogP contribution is 2.20. The van der Waals surface area contributed by atoms with Crippen molar-refractivity contribution >= 4 is 5.69 Å². The number of hydrogen-bond acceptors (Lipinski definition) is 1. The summed E-state index contributed by atoms with van der Waals surface area (Å²) < 4.78 is 0. The van der Waals surface area contributed by atoms with Crippen LogP contribution in [0.15, 0.2) is 60.7 Å². The number of aryl methyl sites for hydroxylation is 1. The van der Waals surface area contributed by atoms with Crippen LogP contribution >= 0.6 is 0 Å². The van der Waals surface area contributed by atoms with E-state index < -0.39 is 0 Å². The smallest absolute Gasteiger partial charge is 0.0428 e. The third-order valence-corrected chi connectivity index (χ3v) is 2.99. The van der Waals surface area contributed by atoms with Crippen molar-refractivity contribution < 1.29 is 0 Å². The standard InChI is InChI=1S/C16H21N.C3H8.C2H6/c1-6-13(3)15(7-2)12-17(5)16-11-9-8-10-14(16)4;1-3-2;1-2/h6-11H,1-2,12H2,3-5H3;3H2,1-2H3;1-2H3/b15-13+;;. The molecule has 0 aliphatic rings. The molecule has 1 aromatic rings. The molecule has 0 aromatic heterocycles. The second-order valence-corrected chi connectivity index (χ2v) is 4.97. The van der Waals surface area contributed by atoms with E-state index in [0.29, 0.717) is 0 Å². The Labute approximate surface area is 139 Å². The van der Waals surface area contributed by atoms with Crippen molar-refractivity contribution in [2.24, 2.45) is 0 Å². The largest absolute Gasteiger partial charge is 0.370 e. The van der Waals surface area contributed by atoms with Crippen molar-refractivity contribution in [3.63, 3.8) is 0 Å². The van der Waals surface area contributed by atoms with Crippen LogP contribution in [0, 0.1) is 6.92 Å². The highest BCUT2D eigenvalue weighted by Gasteiger charge is 2.05. The lowest BCUT2D eigenvalue weighted by Gasteiger charge is -2.22. The molecule has 0 aliphatic carbocycles. The molecule has 0 saturated carbocycles. The maximum atomic E-state index is 3.87. The summed E-state index contributed by atoms with van der Waals surface area (Å²) in [5, 5.41) is 0. The summed E-state index contributed by atoms with van der Waals surface area (Å²) in [6.45, 7) is 21.0. The zero-order valence-electron chi connectivity index (χ0n) is 15.7. The van der Waals surface area contributed by atoms with Crippen LogP contribution in [0.5, 0.6) is 0 Å². The molecule has 0 radical (unpaired) electrons. The predicted molar refractivity (Wildman–Crippen MR) is 105 cm³/mol. The number of likely N-dealkylation sites (N-methyl/N-ethyl adjacent to an activating group) is 1. The van der Waals surface area contributed by atoms with Gasteiger partial charge in [0.2, 0.25) is 0 Å². The molecule has 0 spiro atoms. The first-order valence-electron chi connectivity index (χ1n) is 8.23. The third kappa shape index (κ3) is 8.51. The van der Waals surface area contributed by atoms with Gasteiger partial charge in [0, 0.05) is 19.3 Å². The summed E-state index contributed by atoms with van der Waals surface area (Å²) in [6.07, 6.45) is 5.04. The van der Waals surface area contributed by atoms with Gasteiger partial charge in [-0.3, -0.25) is 0 Å². The lowest BCUT2D eigenvalue weighted by Crippen LogP contribution is -2.21. The lowest BCUT2D eigenvalue weighted by molar-refractivity contribution is 0.985. The molecule has 0 fully saturated rings. The van der Waals surface area contributed by atoms with Gasteiger partial charge in [-0.2, -0.15) is 0 Å². The van der Waals surface area contributed by atoms with Gasteiger partial charge in [0.25, 0.3) is 0 Å². The monoisotopic (exact) mass is 301 g/mol. The molecule has 22 heavy (non-hydrogen) atoms. The molecule has 124 valence electrons. The molecular formula is C21H35N. The summed E-state index contributed by atoms with van der Waals surface area (Å²) in [4.78, 5) is 2.24. The Morgan fingerprint density at radius 1 is 1.09 bits per heavy atom. The normalized spacial score (nSPS) is 10.1. The van der Waals surface area contributed by atoms with Crippen molar-refractivity contribution in [3.05, 3.63) is 66.3 Å². The fourth-order valence-corrected chi connectivity index (χ4v) is 1.81. The Bertz CT molecular complexity index is 455. The summed E-state index contributed by atoms with van der Waals surface area (Å²) in [5.74, 6) is 0. The van der Waals surface area contributed by atoms with Gasteiger partial charge in [-0.1, -0.05) is 77.6 Å². The maximum absolute atomic E-state index is 3.87. The molecule has 0 amide bonds. The summed E-state index contributed by atoms with van der Waals surface area (Å²) in [7, 11) is 2.10. The maximum Gasteiger partial charge on any atom is 0.0428 e. The summed E-state index contributed by atoms with van der Waals surface area (Å²) in [5.41, 5.74) is 4.93. The Hall–Kier alpha value is -1.76. The van der Waals surface area contributed by atoms with E-state index in [4.69, 9.17) is 0 Å². The van der Waals surface area contributed by atoms with E-state index in [1.807, 2.05) is 26.0 Å². The van der Waals surface area contributed by atoms with Crippen molar-refractivity contribution in [2.75, 3.05) is 18.5 Å². The zero-order valence-corrected chi connectivity index (χ0v) is 15.7. The fraction of sp³-hybridized carbons (Fsp3) is 0.429. The van der Waals surface area contributed by atoms with Crippen molar-refractivity contribution in [3.8, 4) is 0 Å². The van der Waals surface area contributed by atoms with Gasteiger partial charge >= 0.3 is 0 Å². The molecule has 0 atom stereocenters. The average molecular weight is 302 g/mol. The molecule has 0 unspecified atom stereocenters. The second kappa shape index (κ2) is 14.2. The third-order valence-electron chi connectivity index (χ3n) is 2.99. The highest BCUT2D eigenvalue weighted by atomic mass is 15.1. The number of nitrogens with zero attached hydrogens (tertiary/aromatic N) is 1. The Morgan fingerprint density at radius 2 is 1.59 bits per heavy atom. The minimum atomic E-state index is 0.853. The first-order chi connectivity index (χ1) is 10.5. The van der Waals surface area contributed by atoms with E-state index in [2.05, 4.69) is 77.1 Å². The first kappa shape index (κ1) is 22.5. The zero-order chi connectivity index (χ0) is 17.5. The molecule has 1 aromatic carbocycles. The molecule has 0 N–H and O–H groups in total.